The zero-order chi connectivity index (χ0) is 10.9. The van der Waals surface area contributed by atoms with Gasteiger partial charge in [0.1, 0.15) is 0 Å². The first-order valence-electron chi connectivity index (χ1n) is 6.65. The molecule has 2 aliphatic rings. The van der Waals surface area contributed by atoms with Crippen molar-refractivity contribution >= 4 is 0 Å². The summed E-state index contributed by atoms with van der Waals surface area (Å²) in [6.45, 7) is 7.99. The third-order valence-electron chi connectivity index (χ3n) is 4.59. The molecule has 0 spiro atoms. The lowest BCUT2D eigenvalue weighted by Gasteiger charge is -2.54. The highest BCUT2D eigenvalue weighted by Gasteiger charge is 2.45. The van der Waals surface area contributed by atoms with E-state index < -0.39 is 0 Å². The fourth-order valence-corrected chi connectivity index (χ4v) is 3.44. The van der Waals surface area contributed by atoms with Crippen molar-refractivity contribution in [1.29, 1.82) is 0 Å². The topological polar surface area (TPSA) is 29.3 Å². The van der Waals surface area contributed by atoms with Crippen molar-refractivity contribution in [2.24, 2.45) is 17.6 Å². The van der Waals surface area contributed by atoms with Crippen molar-refractivity contribution in [3.8, 4) is 0 Å². The summed E-state index contributed by atoms with van der Waals surface area (Å²) in [5.41, 5.74) is 6.38. The monoisotopic (exact) mass is 210 g/mol. The molecule has 0 saturated heterocycles. The maximum absolute atomic E-state index is 6.00. The van der Waals surface area contributed by atoms with Crippen LogP contribution in [0.15, 0.2) is 0 Å². The zero-order valence-corrected chi connectivity index (χ0v) is 10.3. The van der Waals surface area contributed by atoms with Gasteiger partial charge in [0.2, 0.25) is 0 Å². The van der Waals surface area contributed by atoms with E-state index in [1.165, 1.54) is 45.2 Å². The number of nitrogens with two attached hydrogens (primary N) is 1. The standard InChI is InChI=1S/C13H26N2/c1-3-15(9-12-5-4-6-12)13(10-14)7-11(2)8-13/h11-12H,3-10,14H2,1-2H3. The summed E-state index contributed by atoms with van der Waals surface area (Å²) < 4.78 is 0. The first-order valence-corrected chi connectivity index (χ1v) is 6.65. The second kappa shape index (κ2) is 4.42. The number of hydrogen-bond acceptors (Lipinski definition) is 2. The minimum Gasteiger partial charge on any atom is -0.329 e. The van der Waals surface area contributed by atoms with E-state index >= 15 is 0 Å². The Labute approximate surface area is 94.2 Å². The predicted octanol–water partition coefficient (Wildman–Crippen LogP) is 2.24. The van der Waals surface area contributed by atoms with Gasteiger partial charge in [0.15, 0.2) is 0 Å². The highest BCUT2D eigenvalue weighted by atomic mass is 15.2. The van der Waals surface area contributed by atoms with Crippen LogP contribution in [0.25, 0.3) is 0 Å². The van der Waals surface area contributed by atoms with Crippen molar-refractivity contribution in [3.05, 3.63) is 0 Å². The van der Waals surface area contributed by atoms with Gasteiger partial charge in [-0.3, -0.25) is 4.90 Å². The fourth-order valence-electron chi connectivity index (χ4n) is 3.44. The molecule has 0 heterocycles. The van der Waals surface area contributed by atoms with Crippen LogP contribution in [0.1, 0.15) is 46.0 Å². The van der Waals surface area contributed by atoms with Crippen LogP contribution in [0, 0.1) is 11.8 Å². The van der Waals surface area contributed by atoms with E-state index in [-0.39, 0.29) is 0 Å². The van der Waals surface area contributed by atoms with Crippen LogP contribution in [0.2, 0.25) is 0 Å². The molecule has 0 amide bonds. The molecule has 0 bridgehead atoms. The number of hydrogen-bond donors (Lipinski definition) is 1. The van der Waals surface area contributed by atoms with E-state index in [9.17, 15) is 0 Å². The molecule has 0 aromatic carbocycles. The van der Waals surface area contributed by atoms with Crippen LogP contribution in [0.3, 0.4) is 0 Å². The molecule has 0 unspecified atom stereocenters. The van der Waals surface area contributed by atoms with E-state index in [0.29, 0.717) is 5.54 Å². The summed E-state index contributed by atoms with van der Waals surface area (Å²) in [6, 6.07) is 0. The molecule has 0 radical (unpaired) electrons. The molecule has 2 rings (SSSR count). The van der Waals surface area contributed by atoms with Crippen molar-refractivity contribution < 1.29 is 0 Å². The van der Waals surface area contributed by atoms with Crippen LogP contribution in [-0.4, -0.2) is 30.1 Å². The molecule has 2 nitrogen and oxygen atoms in total. The van der Waals surface area contributed by atoms with E-state index in [2.05, 4.69) is 18.7 Å². The van der Waals surface area contributed by atoms with E-state index in [1.807, 2.05) is 0 Å². The lowest BCUT2D eigenvalue weighted by Crippen LogP contribution is -2.62. The Hall–Kier alpha value is -0.0800. The quantitative estimate of drug-likeness (QED) is 0.754. The molecule has 0 atom stereocenters. The maximum Gasteiger partial charge on any atom is 0.0336 e. The Morgan fingerprint density at radius 1 is 1.33 bits per heavy atom. The summed E-state index contributed by atoms with van der Waals surface area (Å²) in [7, 11) is 0. The fraction of sp³-hybridized carbons (Fsp3) is 1.00. The first kappa shape index (κ1) is 11.4. The maximum atomic E-state index is 6.00. The van der Waals surface area contributed by atoms with Gasteiger partial charge in [-0.2, -0.15) is 0 Å². The van der Waals surface area contributed by atoms with Crippen LogP contribution in [0.4, 0.5) is 0 Å². The Bertz CT molecular complexity index is 205. The van der Waals surface area contributed by atoms with Crippen LogP contribution < -0.4 is 5.73 Å². The Morgan fingerprint density at radius 3 is 2.33 bits per heavy atom. The normalized spacial score (nSPS) is 36.4. The smallest absolute Gasteiger partial charge is 0.0336 e. The Morgan fingerprint density at radius 2 is 2.00 bits per heavy atom. The molecule has 2 fully saturated rings. The zero-order valence-electron chi connectivity index (χ0n) is 10.3. The summed E-state index contributed by atoms with van der Waals surface area (Å²) in [5.74, 6) is 1.87. The molecular formula is C13H26N2. The summed E-state index contributed by atoms with van der Waals surface area (Å²) >= 11 is 0. The highest BCUT2D eigenvalue weighted by molar-refractivity contribution is 5.02. The first-order chi connectivity index (χ1) is 7.20. The molecule has 2 aliphatic carbocycles. The summed E-state index contributed by atoms with van der Waals surface area (Å²) in [4.78, 5) is 2.68. The second-order valence-corrected chi connectivity index (χ2v) is 5.78. The van der Waals surface area contributed by atoms with Gasteiger partial charge in [0.25, 0.3) is 0 Å². The van der Waals surface area contributed by atoms with Crippen LogP contribution >= 0.6 is 0 Å². The highest BCUT2D eigenvalue weighted by Crippen LogP contribution is 2.42. The van der Waals surface area contributed by atoms with E-state index in [0.717, 1.165) is 18.4 Å². The Kier molecular flexibility index (Phi) is 3.36. The largest absolute Gasteiger partial charge is 0.329 e. The lowest BCUT2D eigenvalue weighted by molar-refractivity contribution is -0.0258. The van der Waals surface area contributed by atoms with Gasteiger partial charge in [-0.05, 0) is 44.1 Å². The molecule has 2 N–H and O–H groups in total. The minimum atomic E-state index is 0.379. The van der Waals surface area contributed by atoms with Crippen molar-refractivity contribution in [2.45, 2.75) is 51.5 Å². The van der Waals surface area contributed by atoms with Gasteiger partial charge < -0.3 is 5.73 Å². The van der Waals surface area contributed by atoms with E-state index in [1.54, 1.807) is 0 Å². The molecule has 0 aromatic rings. The Balaban J connectivity index is 1.91. The van der Waals surface area contributed by atoms with Gasteiger partial charge in [0.05, 0.1) is 0 Å². The SMILES string of the molecule is CCN(CC1CCC1)C1(CN)CC(C)C1. The predicted molar refractivity (Wildman–Crippen MR) is 64.8 cm³/mol. The van der Waals surface area contributed by atoms with E-state index in [4.69, 9.17) is 5.73 Å². The minimum absolute atomic E-state index is 0.379. The molecule has 0 aliphatic heterocycles. The van der Waals surface area contributed by atoms with Crippen molar-refractivity contribution in [3.63, 3.8) is 0 Å². The van der Waals surface area contributed by atoms with Gasteiger partial charge in [0, 0.05) is 18.6 Å². The molecule has 0 aromatic heterocycles. The van der Waals surface area contributed by atoms with Crippen molar-refractivity contribution in [1.82, 2.24) is 4.90 Å². The third-order valence-corrected chi connectivity index (χ3v) is 4.59. The van der Waals surface area contributed by atoms with Gasteiger partial charge in [-0.25, -0.2) is 0 Å². The average molecular weight is 210 g/mol. The third kappa shape index (κ3) is 2.07. The number of rotatable bonds is 5. The molecule has 2 saturated carbocycles. The number of likely N-dealkylation sites (N-methyl/N-ethyl adjacent to an activating group) is 1. The van der Waals surface area contributed by atoms with Gasteiger partial charge >= 0.3 is 0 Å². The lowest BCUT2D eigenvalue weighted by atomic mass is 9.67. The van der Waals surface area contributed by atoms with Crippen LogP contribution in [0.5, 0.6) is 0 Å². The molecule has 88 valence electrons. The number of nitrogens with zero attached hydrogens (tertiary/aromatic N) is 1. The summed E-state index contributed by atoms with van der Waals surface area (Å²) in [6.07, 6.45) is 7.00. The summed E-state index contributed by atoms with van der Waals surface area (Å²) in [5, 5.41) is 0. The van der Waals surface area contributed by atoms with Gasteiger partial charge in [-0.1, -0.05) is 20.3 Å². The molecule has 15 heavy (non-hydrogen) atoms. The molecular weight excluding hydrogens is 184 g/mol. The molecule has 2 heteroatoms. The average Bonchev–Trinajstić information content (AvgIpc) is 2.12. The van der Waals surface area contributed by atoms with Crippen molar-refractivity contribution in [2.75, 3.05) is 19.6 Å². The second-order valence-electron chi connectivity index (χ2n) is 5.78. The van der Waals surface area contributed by atoms with Crippen LogP contribution in [-0.2, 0) is 0 Å². The van der Waals surface area contributed by atoms with Gasteiger partial charge in [-0.15, -0.1) is 0 Å².